The SMILES string of the molecule is COc1ccc(COC(=O)c2ccccc2-n2cnnn2)cc1Br. The number of nitrogens with zero attached hydrogens (tertiary/aromatic N) is 4. The number of tetrazole rings is 1. The minimum atomic E-state index is -0.451. The molecule has 1 aromatic heterocycles. The number of rotatable bonds is 5. The van der Waals surface area contributed by atoms with Crippen molar-refractivity contribution in [3.63, 3.8) is 0 Å². The van der Waals surface area contributed by atoms with E-state index in [4.69, 9.17) is 9.47 Å². The molecule has 0 spiro atoms. The van der Waals surface area contributed by atoms with Crippen LogP contribution >= 0.6 is 15.9 Å². The highest BCUT2D eigenvalue weighted by atomic mass is 79.9. The molecular weight excluding hydrogens is 376 g/mol. The molecular formula is C16H13BrN4O3. The molecule has 122 valence electrons. The fourth-order valence-electron chi connectivity index (χ4n) is 2.14. The third-order valence-corrected chi connectivity index (χ3v) is 3.93. The maximum absolute atomic E-state index is 12.4. The van der Waals surface area contributed by atoms with Crippen molar-refractivity contribution < 1.29 is 14.3 Å². The van der Waals surface area contributed by atoms with Crippen LogP contribution in [0.2, 0.25) is 0 Å². The predicted molar refractivity (Wildman–Crippen MR) is 89.0 cm³/mol. The summed E-state index contributed by atoms with van der Waals surface area (Å²) < 4.78 is 12.8. The van der Waals surface area contributed by atoms with Crippen LogP contribution in [0.15, 0.2) is 53.3 Å². The first-order valence-corrected chi connectivity index (χ1v) is 7.80. The zero-order valence-corrected chi connectivity index (χ0v) is 14.3. The van der Waals surface area contributed by atoms with Crippen molar-refractivity contribution in [1.82, 2.24) is 20.2 Å². The standard InChI is InChI=1S/C16H13BrN4O3/c1-23-15-7-6-11(8-13(15)17)9-24-16(22)12-4-2-3-5-14(12)21-10-18-19-20-21/h2-8,10H,9H2,1H3. The van der Waals surface area contributed by atoms with Gasteiger partial charge in [-0.05, 0) is 56.2 Å². The van der Waals surface area contributed by atoms with Crippen LogP contribution in [0.1, 0.15) is 15.9 Å². The van der Waals surface area contributed by atoms with Crippen molar-refractivity contribution in [2.75, 3.05) is 7.11 Å². The van der Waals surface area contributed by atoms with Crippen LogP contribution in [-0.4, -0.2) is 33.3 Å². The van der Waals surface area contributed by atoms with Crippen molar-refractivity contribution in [2.45, 2.75) is 6.61 Å². The lowest BCUT2D eigenvalue weighted by Gasteiger charge is -2.10. The minimum Gasteiger partial charge on any atom is -0.496 e. The maximum atomic E-state index is 12.4. The van der Waals surface area contributed by atoms with Crippen LogP contribution in [0.25, 0.3) is 5.69 Å². The Kier molecular flexibility index (Phi) is 4.85. The predicted octanol–water partition coefficient (Wildman–Crippen LogP) is 2.79. The average molecular weight is 389 g/mol. The second kappa shape index (κ2) is 7.22. The van der Waals surface area contributed by atoms with Crippen molar-refractivity contribution in [2.24, 2.45) is 0 Å². The summed E-state index contributed by atoms with van der Waals surface area (Å²) in [6, 6.07) is 12.5. The fraction of sp³-hybridized carbons (Fsp3) is 0.125. The second-order valence-electron chi connectivity index (χ2n) is 4.82. The Morgan fingerprint density at radius 2 is 2.08 bits per heavy atom. The Morgan fingerprint density at radius 3 is 2.79 bits per heavy atom. The molecule has 0 aliphatic carbocycles. The van der Waals surface area contributed by atoms with E-state index in [0.717, 1.165) is 10.0 Å². The smallest absolute Gasteiger partial charge is 0.340 e. The molecule has 0 bridgehead atoms. The number of para-hydroxylation sites is 1. The van der Waals surface area contributed by atoms with Crippen molar-refractivity contribution >= 4 is 21.9 Å². The molecule has 0 aliphatic heterocycles. The molecule has 7 nitrogen and oxygen atoms in total. The molecule has 3 aromatic rings. The summed E-state index contributed by atoms with van der Waals surface area (Å²) in [5, 5.41) is 11.0. The highest BCUT2D eigenvalue weighted by Crippen LogP contribution is 2.26. The normalized spacial score (nSPS) is 10.4. The number of hydrogen-bond donors (Lipinski definition) is 0. The van der Waals surface area contributed by atoms with Crippen molar-refractivity contribution in [3.05, 3.63) is 64.4 Å². The van der Waals surface area contributed by atoms with Gasteiger partial charge < -0.3 is 9.47 Å². The van der Waals surface area contributed by atoms with Crippen LogP contribution in [0.3, 0.4) is 0 Å². The van der Waals surface area contributed by atoms with Crippen LogP contribution in [0, 0.1) is 0 Å². The quantitative estimate of drug-likeness (QED) is 0.625. The van der Waals surface area contributed by atoms with E-state index in [1.807, 2.05) is 18.2 Å². The van der Waals surface area contributed by atoms with Gasteiger partial charge in [0.25, 0.3) is 0 Å². The van der Waals surface area contributed by atoms with Gasteiger partial charge in [-0.2, -0.15) is 4.68 Å². The lowest BCUT2D eigenvalue weighted by molar-refractivity contribution is 0.0472. The van der Waals surface area contributed by atoms with Crippen molar-refractivity contribution in [3.8, 4) is 11.4 Å². The molecule has 0 N–H and O–H groups in total. The lowest BCUT2D eigenvalue weighted by atomic mass is 10.2. The van der Waals surface area contributed by atoms with E-state index < -0.39 is 5.97 Å². The zero-order valence-electron chi connectivity index (χ0n) is 12.7. The van der Waals surface area contributed by atoms with E-state index in [0.29, 0.717) is 17.0 Å². The summed E-state index contributed by atoms with van der Waals surface area (Å²) >= 11 is 3.41. The number of aromatic nitrogens is 4. The van der Waals surface area contributed by atoms with Gasteiger partial charge in [0, 0.05) is 0 Å². The molecule has 24 heavy (non-hydrogen) atoms. The summed E-state index contributed by atoms with van der Waals surface area (Å²) in [6.07, 6.45) is 1.42. The topological polar surface area (TPSA) is 79.1 Å². The molecule has 1 heterocycles. The first-order chi connectivity index (χ1) is 11.7. The van der Waals surface area contributed by atoms with Gasteiger partial charge in [0.05, 0.1) is 22.8 Å². The minimum absolute atomic E-state index is 0.144. The largest absolute Gasteiger partial charge is 0.496 e. The lowest BCUT2D eigenvalue weighted by Crippen LogP contribution is -2.10. The van der Waals surface area contributed by atoms with Gasteiger partial charge in [-0.1, -0.05) is 18.2 Å². The van der Waals surface area contributed by atoms with Gasteiger partial charge in [0.1, 0.15) is 18.7 Å². The number of ether oxygens (including phenoxy) is 2. The summed E-state index contributed by atoms with van der Waals surface area (Å²) in [4.78, 5) is 12.4. The van der Waals surface area contributed by atoms with Crippen molar-refractivity contribution in [1.29, 1.82) is 0 Å². The Bertz CT molecular complexity index is 852. The molecule has 0 saturated heterocycles. The second-order valence-corrected chi connectivity index (χ2v) is 5.67. The van der Waals surface area contributed by atoms with E-state index in [1.165, 1.54) is 11.0 Å². The monoisotopic (exact) mass is 388 g/mol. The van der Waals surface area contributed by atoms with Crippen LogP contribution in [-0.2, 0) is 11.3 Å². The van der Waals surface area contributed by atoms with E-state index in [2.05, 4.69) is 31.5 Å². The molecule has 3 rings (SSSR count). The van der Waals surface area contributed by atoms with Gasteiger partial charge in [-0.25, -0.2) is 4.79 Å². The first-order valence-electron chi connectivity index (χ1n) is 7.01. The van der Waals surface area contributed by atoms with Gasteiger partial charge in [-0.15, -0.1) is 5.10 Å². The maximum Gasteiger partial charge on any atom is 0.340 e. The summed E-state index contributed by atoms with van der Waals surface area (Å²) in [5.74, 6) is 0.266. The summed E-state index contributed by atoms with van der Waals surface area (Å²) in [7, 11) is 1.59. The number of halogens is 1. The van der Waals surface area contributed by atoms with Crippen LogP contribution in [0.5, 0.6) is 5.75 Å². The molecule has 0 unspecified atom stereocenters. The number of carbonyl (C=O) groups is 1. The molecule has 2 aromatic carbocycles. The van der Waals surface area contributed by atoms with E-state index in [1.54, 1.807) is 31.4 Å². The molecule has 0 aliphatic rings. The number of esters is 1. The van der Waals surface area contributed by atoms with Gasteiger partial charge in [0.15, 0.2) is 0 Å². The fourth-order valence-corrected chi connectivity index (χ4v) is 2.73. The number of carbonyl (C=O) groups excluding carboxylic acids is 1. The molecule has 0 amide bonds. The van der Waals surface area contributed by atoms with Crippen LogP contribution < -0.4 is 4.74 Å². The van der Waals surface area contributed by atoms with E-state index >= 15 is 0 Å². The Morgan fingerprint density at radius 1 is 1.25 bits per heavy atom. The summed E-state index contributed by atoms with van der Waals surface area (Å²) in [6.45, 7) is 0.144. The molecule has 0 saturated carbocycles. The molecule has 0 radical (unpaired) electrons. The highest BCUT2D eigenvalue weighted by Gasteiger charge is 2.15. The average Bonchev–Trinajstić information content (AvgIpc) is 3.14. The van der Waals surface area contributed by atoms with E-state index in [9.17, 15) is 4.79 Å². The Hall–Kier alpha value is -2.74. The Balaban J connectivity index is 1.75. The zero-order chi connectivity index (χ0) is 16.9. The highest BCUT2D eigenvalue weighted by molar-refractivity contribution is 9.10. The third-order valence-electron chi connectivity index (χ3n) is 3.31. The number of methoxy groups -OCH3 is 1. The first kappa shape index (κ1) is 16.1. The summed E-state index contributed by atoms with van der Waals surface area (Å²) in [5.41, 5.74) is 1.79. The van der Waals surface area contributed by atoms with Gasteiger partial charge in [0.2, 0.25) is 0 Å². The van der Waals surface area contributed by atoms with Crippen LogP contribution in [0.4, 0.5) is 0 Å². The third kappa shape index (κ3) is 3.43. The molecule has 0 atom stereocenters. The van der Waals surface area contributed by atoms with Gasteiger partial charge in [-0.3, -0.25) is 0 Å². The molecule has 8 heteroatoms. The van der Waals surface area contributed by atoms with Gasteiger partial charge >= 0.3 is 5.97 Å². The van der Waals surface area contributed by atoms with E-state index in [-0.39, 0.29) is 6.61 Å². The number of hydrogen-bond acceptors (Lipinski definition) is 6. The number of benzene rings is 2. The molecule has 0 fully saturated rings. The Labute approximate surface area is 146 Å².